The molecule has 7 nitrogen and oxygen atoms in total. The zero-order valence-electron chi connectivity index (χ0n) is 12.3. The van der Waals surface area contributed by atoms with E-state index in [2.05, 4.69) is 25.0 Å². The quantitative estimate of drug-likeness (QED) is 0.839. The number of carbonyl (C=O) groups excluding carboxylic acids is 2. The van der Waals surface area contributed by atoms with Crippen molar-refractivity contribution in [3.8, 4) is 0 Å². The zero-order chi connectivity index (χ0) is 15.7. The molecule has 1 aliphatic carbocycles. The number of nitrogens with one attached hydrogen (secondary N) is 2. The van der Waals surface area contributed by atoms with Gasteiger partial charge in [-0.15, -0.1) is 0 Å². The Morgan fingerprint density at radius 1 is 1.50 bits per heavy atom. The molecule has 0 radical (unpaired) electrons. The van der Waals surface area contributed by atoms with Crippen LogP contribution in [0.25, 0.3) is 0 Å². The van der Waals surface area contributed by atoms with E-state index in [9.17, 15) is 9.59 Å². The number of aromatic amines is 1. The molecule has 1 aliphatic rings. The number of aryl methyl sites for hydroxylation is 2. The van der Waals surface area contributed by atoms with Gasteiger partial charge >= 0.3 is 5.97 Å². The van der Waals surface area contributed by atoms with E-state index in [0.29, 0.717) is 16.4 Å². The summed E-state index contributed by atoms with van der Waals surface area (Å²) in [6, 6.07) is 0. The lowest BCUT2D eigenvalue weighted by Crippen LogP contribution is -2.28. The number of aromatic nitrogens is 3. The highest BCUT2D eigenvalue weighted by atomic mass is 32.1. The fourth-order valence-corrected chi connectivity index (χ4v) is 3.32. The minimum atomic E-state index is -0.451. The number of thiazole rings is 1. The van der Waals surface area contributed by atoms with Gasteiger partial charge in [-0.1, -0.05) is 11.3 Å². The van der Waals surface area contributed by atoms with Crippen molar-refractivity contribution in [1.82, 2.24) is 15.0 Å². The Morgan fingerprint density at radius 2 is 2.32 bits per heavy atom. The summed E-state index contributed by atoms with van der Waals surface area (Å²) in [6.07, 6.45) is 3.61. The van der Waals surface area contributed by atoms with Crippen LogP contribution in [0.5, 0.6) is 0 Å². The Kier molecular flexibility index (Phi) is 3.93. The van der Waals surface area contributed by atoms with Crippen LogP contribution in [0, 0.1) is 12.8 Å². The standard InChI is InChI=1S/C14H16N4O3S/c1-7-16-9-4-3-8(5-10(9)17-7)12(19)18-14-15-6-11(22-14)13(20)21-2/h6,8H,3-5H2,1-2H3,(H,16,17)(H,15,18,19). The van der Waals surface area contributed by atoms with Gasteiger partial charge in [-0.3, -0.25) is 4.79 Å². The second kappa shape index (κ2) is 5.88. The van der Waals surface area contributed by atoms with Gasteiger partial charge in [0.25, 0.3) is 0 Å². The lowest BCUT2D eigenvalue weighted by atomic mass is 9.89. The highest BCUT2D eigenvalue weighted by molar-refractivity contribution is 7.17. The molecule has 2 aromatic heterocycles. The van der Waals surface area contributed by atoms with Crippen molar-refractivity contribution >= 4 is 28.3 Å². The Balaban J connectivity index is 1.65. The molecular weight excluding hydrogens is 304 g/mol. The Morgan fingerprint density at radius 3 is 3.09 bits per heavy atom. The Labute approximate surface area is 131 Å². The highest BCUT2D eigenvalue weighted by Gasteiger charge is 2.27. The van der Waals surface area contributed by atoms with Crippen molar-refractivity contribution in [1.29, 1.82) is 0 Å². The third kappa shape index (κ3) is 2.87. The monoisotopic (exact) mass is 320 g/mol. The summed E-state index contributed by atoms with van der Waals surface area (Å²) in [5.74, 6) is 0.239. The molecule has 1 atom stereocenters. The Hall–Kier alpha value is -2.22. The number of fused-ring (bicyclic) bond motifs is 1. The Bertz CT molecular complexity index is 721. The van der Waals surface area contributed by atoms with Gasteiger partial charge in [0.05, 0.1) is 19.0 Å². The zero-order valence-corrected chi connectivity index (χ0v) is 13.1. The van der Waals surface area contributed by atoms with Gasteiger partial charge in [0, 0.05) is 18.0 Å². The van der Waals surface area contributed by atoms with Crippen molar-refractivity contribution in [3.05, 3.63) is 28.3 Å². The fourth-order valence-electron chi connectivity index (χ4n) is 2.58. The number of rotatable bonds is 3. The number of methoxy groups -OCH3 is 1. The first-order valence-corrected chi connectivity index (χ1v) is 7.78. The van der Waals surface area contributed by atoms with E-state index < -0.39 is 5.97 Å². The van der Waals surface area contributed by atoms with Crippen LogP contribution in [0.15, 0.2) is 6.20 Å². The first-order valence-electron chi connectivity index (χ1n) is 6.96. The fraction of sp³-hybridized carbons (Fsp3) is 0.429. The SMILES string of the molecule is COC(=O)c1cnc(NC(=O)C2CCc3nc(C)[nH]c3C2)s1. The molecule has 22 heavy (non-hydrogen) atoms. The van der Waals surface area contributed by atoms with E-state index in [1.807, 2.05) is 6.92 Å². The van der Waals surface area contributed by atoms with Gasteiger partial charge in [-0.05, 0) is 19.8 Å². The van der Waals surface area contributed by atoms with Gasteiger partial charge in [-0.25, -0.2) is 14.8 Å². The molecule has 0 fully saturated rings. The van der Waals surface area contributed by atoms with E-state index in [1.54, 1.807) is 0 Å². The predicted molar refractivity (Wildman–Crippen MR) is 80.9 cm³/mol. The van der Waals surface area contributed by atoms with Crippen LogP contribution in [-0.4, -0.2) is 33.9 Å². The minimum absolute atomic E-state index is 0.0799. The number of hydrogen-bond acceptors (Lipinski definition) is 6. The number of ether oxygens (including phenoxy) is 1. The van der Waals surface area contributed by atoms with Crippen molar-refractivity contribution in [2.24, 2.45) is 5.92 Å². The van der Waals surface area contributed by atoms with E-state index >= 15 is 0 Å². The number of imidazole rings is 1. The molecule has 0 bridgehead atoms. The number of amides is 1. The lowest BCUT2D eigenvalue weighted by Gasteiger charge is -2.19. The maximum absolute atomic E-state index is 12.3. The molecular formula is C14H16N4O3S. The summed E-state index contributed by atoms with van der Waals surface area (Å²) < 4.78 is 4.62. The smallest absolute Gasteiger partial charge is 0.349 e. The average Bonchev–Trinajstić information content (AvgIpc) is 3.10. The molecule has 0 saturated carbocycles. The summed E-state index contributed by atoms with van der Waals surface area (Å²) >= 11 is 1.11. The number of anilines is 1. The van der Waals surface area contributed by atoms with Gasteiger partial charge in [-0.2, -0.15) is 0 Å². The maximum Gasteiger partial charge on any atom is 0.349 e. The molecule has 0 spiro atoms. The van der Waals surface area contributed by atoms with Gasteiger partial charge in [0.2, 0.25) is 5.91 Å². The maximum atomic E-state index is 12.3. The van der Waals surface area contributed by atoms with Crippen LogP contribution in [0.4, 0.5) is 5.13 Å². The first-order chi connectivity index (χ1) is 10.6. The van der Waals surface area contributed by atoms with E-state index in [1.165, 1.54) is 13.3 Å². The topological polar surface area (TPSA) is 97.0 Å². The van der Waals surface area contributed by atoms with Gasteiger partial charge < -0.3 is 15.0 Å². The lowest BCUT2D eigenvalue weighted by molar-refractivity contribution is -0.120. The molecule has 2 N–H and O–H groups in total. The van der Waals surface area contributed by atoms with Crippen LogP contribution in [0.1, 0.15) is 33.3 Å². The molecule has 116 valence electrons. The first kappa shape index (κ1) is 14.7. The number of hydrogen-bond donors (Lipinski definition) is 2. The highest BCUT2D eigenvalue weighted by Crippen LogP contribution is 2.26. The number of H-pyrrole nitrogens is 1. The van der Waals surface area contributed by atoms with Crippen LogP contribution in [0.2, 0.25) is 0 Å². The van der Waals surface area contributed by atoms with E-state index in [-0.39, 0.29) is 11.8 Å². The van der Waals surface area contributed by atoms with Crippen molar-refractivity contribution in [2.75, 3.05) is 12.4 Å². The molecule has 3 rings (SSSR count). The van der Waals surface area contributed by atoms with Gasteiger partial charge in [0.1, 0.15) is 10.7 Å². The van der Waals surface area contributed by atoms with Gasteiger partial charge in [0.15, 0.2) is 5.13 Å². The molecule has 2 heterocycles. The van der Waals surface area contributed by atoms with Crippen molar-refractivity contribution in [3.63, 3.8) is 0 Å². The van der Waals surface area contributed by atoms with Crippen LogP contribution >= 0.6 is 11.3 Å². The van der Waals surface area contributed by atoms with Crippen LogP contribution < -0.4 is 5.32 Å². The average molecular weight is 320 g/mol. The number of carbonyl (C=O) groups is 2. The third-order valence-electron chi connectivity index (χ3n) is 3.66. The van der Waals surface area contributed by atoms with Crippen molar-refractivity contribution < 1.29 is 14.3 Å². The number of nitrogens with zero attached hydrogens (tertiary/aromatic N) is 2. The molecule has 1 amide bonds. The molecule has 2 aromatic rings. The molecule has 0 aromatic carbocycles. The van der Waals surface area contributed by atoms with Crippen LogP contribution in [0.3, 0.4) is 0 Å². The summed E-state index contributed by atoms with van der Waals surface area (Å²) in [5, 5.41) is 3.19. The number of esters is 1. The van der Waals surface area contributed by atoms with E-state index in [4.69, 9.17) is 0 Å². The normalized spacial score (nSPS) is 16.9. The molecule has 0 saturated heterocycles. The molecule has 8 heteroatoms. The second-order valence-electron chi connectivity index (χ2n) is 5.20. The van der Waals surface area contributed by atoms with Crippen molar-refractivity contribution in [2.45, 2.75) is 26.2 Å². The molecule has 1 unspecified atom stereocenters. The second-order valence-corrected chi connectivity index (χ2v) is 6.23. The largest absolute Gasteiger partial charge is 0.465 e. The van der Waals surface area contributed by atoms with E-state index in [0.717, 1.165) is 41.4 Å². The summed E-state index contributed by atoms with van der Waals surface area (Å²) in [4.78, 5) is 35.7. The minimum Gasteiger partial charge on any atom is -0.465 e. The predicted octanol–water partition coefficient (Wildman–Crippen LogP) is 1.70. The summed E-state index contributed by atoms with van der Waals surface area (Å²) in [7, 11) is 1.31. The summed E-state index contributed by atoms with van der Waals surface area (Å²) in [6.45, 7) is 1.91. The molecule has 0 aliphatic heterocycles. The summed E-state index contributed by atoms with van der Waals surface area (Å²) in [5.41, 5.74) is 2.10. The third-order valence-corrected chi connectivity index (χ3v) is 4.55. The van der Waals surface area contributed by atoms with Crippen LogP contribution in [-0.2, 0) is 22.4 Å².